The number of hydrogen-bond donors (Lipinski definition) is 6. The first-order valence-corrected chi connectivity index (χ1v) is 10.6. The number of rotatable bonds is 4. The van der Waals surface area contributed by atoms with E-state index in [4.69, 9.17) is 18.2 Å². The summed E-state index contributed by atoms with van der Waals surface area (Å²) in [6.45, 7) is 0. The highest BCUT2D eigenvalue weighted by atomic mass is 32.2. The van der Waals surface area contributed by atoms with Gasteiger partial charge in [-0.1, -0.05) is 0 Å². The molecule has 0 saturated carbocycles. The topological polar surface area (TPSA) is 258 Å². The molecule has 0 amide bonds. The zero-order valence-electron chi connectivity index (χ0n) is 10.6. The SMILES string of the molecule is O=S(=O)(O)c1c(O)c(O)c(S(=O)(=O)O)c(S(=O)(=O)O)c1S(=O)(=O)O. The van der Waals surface area contributed by atoms with Crippen molar-refractivity contribution in [2.45, 2.75) is 19.6 Å². The second-order valence-corrected chi connectivity index (χ2v) is 9.35. The molecule has 0 unspecified atom stereocenters. The molecule has 18 heteroatoms. The van der Waals surface area contributed by atoms with E-state index in [1.807, 2.05) is 0 Å². The molecule has 0 aliphatic heterocycles. The van der Waals surface area contributed by atoms with E-state index < -0.39 is 71.6 Å². The minimum absolute atomic E-state index is 2.25. The summed E-state index contributed by atoms with van der Waals surface area (Å²) >= 11 is 0. The fourth-order valence-electron chi connectivity index (χ4n) is 1.58. The van der Waals surface area contributed by atoms with Gasteiger partial charge in [-0.25, -0.2) is 0 Å². The summed E-state index contributed by atoms with van der Waals surface area (Å²) in [7, 11) is -24.0. The Hall–Kier alpha value is -1.54. The Bertz CT molecular complexity index is 1040. The summed E-state index contributed by atoms with van der Waals surface area (Å²) < 4.78 is 125. The number of phenols is 2. The highest BCUT2D eigenvalue weighted by Gasteiger charge is 2.43. The quantitative estimate of drug-likeness (QED) is 0.225. The zero-order chi connectivity index (χ0) is 19.5. The fraction of sp³-hybridized carbons (Fsp3) is 0. The lowest BCUT2D eigenvalue weighted by Gasteiger charge is -2.15. The summed E-state index contributed by atoms with van der Waals surface area (Å²) in [6.07, 6.45) is 0. The maximum Gasteiger partial charge on any atom is 0.299 e. The van der Waals surface area contributed by atoms with Crippen LogP contribution in [0.25, 0.3) is 0 Å². The van der Waals surface area contributed by atoms with Crippen LogP contribution in [0.3, 0.4) is 0 Å². The van der Waals surface area contributed by atoms with Crippen molar-refractivity contribution in [3.63, 3.8) is 0 Å². The third kappa shape index (κ3) is 3.59. The number of aromatic hydroxyl groups is 2. The van der Waals surface area contributed by atoms with Gasteiger partial charge >= 0.3 is 0 Å². The van der Waals surface area contributed by atoms with Gasteiger partial charge in [-0.2, -0.15) is 33.7 Å². The maximum absolute atomic E-state index is 11.2. The van der Waals surface area contributed by atoms with Gasteiger partial charge in [0, 0.05) is 0 Å². The first-order valence-electron chi connectivity index (χ1n) is 4.83. The lowest BCUT2D eigenvalue weighted by Crippen LogP contribution is -2.19. The van der Waals surface area contributed by atoms with Crippen LogP contribution in [0.15, 0.2) is 19.6 Å². The van der Waals surface area contributed by atoms with Gasteiger partial charge in [-0.15, -0.1) is 0 Å². The minimum atomic E-state index is -6.08. The summed E-state index contributed by atoms with van der Waals surface area (Å²) in [5, 5.41) is 18.8. The van der Waals surface area contributed by atoms with Gasteiger partial charge in [0.1, 0.15) is 9.79 Å². The predicted octanol–water partition coefficient (Wildman–Crippen LogP) is -1.92. The third-order valence-electron chi connectivity index (χ3n) is 2.30. The molecule has 1 rings (SSSR count). The minimum Gasteiger partial charge on any atom is -0.503 e. The number of hydrogen-bond acceptors (Lipinski definition) is 10. The highest BCUT2D eigenvalue weighted by molar-refractivity contribution is 7.91. The molecule has 0 spiro atoms. The van der Waals surface area contributed by atoms with Crippen LogP contribution >= 0.6 is 0 Å². The largest absolute Gasteiger partial charge is 0.503 e. The molecule has 0 heterocycles. The van der Waals surface area contributed by atoms with E-state index in [1.54, 1.807) is 0 Å². The molecule has 0 saturated heterocycles. The fourth-order valence-corrected chi connectivity index (χ4v) is 6.30. The Morgan fingerprint density at radius 2 is 0.583 bits per heavy atom. The molecular formula is C6H6O14S4. The lowest BCUT2D eigenvalue weighted by atomic mass is 10.3. The van der Waals surface area contributed by atoms with Crippen LogP contribution in [-0.2, 0) is 40.5 Å². The van der Waals surface area contributed by atoms with E-state index in [9.17, 15) is 43.9 Å². The molecule has 24 heavy (non-hydrogen) atoms. The Kier molecular flexibility index (Phi) is 4.69. The Morgan fingerprint density at radius 3 is 0.708 bits per heavy atom. The van der Waals surface area contributed by atoms with Crippen LogP contribution in [0.2, 0.25) is 0 Å². The molecule has 0 aromatic heterocycles. The van der Waals surface area contributed by atoms with Crippen molar-refractivity contribution in [3.8, 4) is 11.5 Å². The zero-order valence-corrected chi connectivity index (χ0v) is 13.8. The van der Waals surface area contributed by atoms with Crippen LogP contribution in [-0.4, -0.2) is 62.1 Å². The molecule has 0 fully saturated rings. The number of phenolic OH excluding ortho intramolecular Hbond substituents is 2. The summed E-state index contributed by atoms with van der Waals surface area (Å²) in [5.41, 5.74) is 0. The summed E-state index contributed by atoms with van der Waals surface area (Å²) in [4.78, 5) is -9.75. The molecular weight excluding hydrogens is 424 g/mol. The predicted molar refractivity (Wildman–Crippen MR) is 69.0 cm³/mol. The third-order valence-corrected chi connectivity index (χ3v) is 6.37. The van der Waals surface area contributed by atoms with E-state index >= 15 is 0 Å². The second-order valence-electron chi connectivity index (χ2n) is 3.91. The molecule has 0 aliphatic rings. The van der Waals surface area contributed by atoms with E-state index in [0.29, 0.717) is 0 Å². The molecule has 0 radical (unpaired) electrons. The monoisotopic (exact) mass is 430 g/mol. The van der Waals surface area contributed by atoms with Crippen LogP contribution in [0.1, 0.15) is 0 Å². The van der Waals surface area contributed by atoms with Crippen molar-refractivity contribution < 1.29 is 62.1 Å². The standard InChI is InChI=1S/C6H6O14S4/c7-1-2(8)4(22(12,13)14)6(24(18,19)20)5(23(15,16)17)3(1)21(9,10)11/h7-8H,(H,9,10,11)(H,12,13,14)(H,15,16,17)(H,18,19,20). The molecule has 138 valence electrons. The van der Waals surface area contributed by atoms with Gasteiger partial charge in [0.05, 0.1) is 0 Å². The molecule has 1 aromatic rings. The van der Waals surface area contributed by atoms with Gasteiger partial charge < -0.3 is 10.2 Å². The first kappa shape index (κ1) is 20.5. The van der Waals surface area contributed by atoms with Gasteiger partial charge in [-0.3, -0.25) is 18.2 Å². The van der Waals surface area contributed by atoms with Gasteiger partial charge in [0.25, 0.3) is 40.5 Å². The molecule has 1 aromatic carbocycles. The smallest absolute Gasteiger partial charge is 0.299 e. The van der Waals surface area contributed by atoms with Crippen LogP contribution in [0.4, 0.5) is 0 Å². The Balaban J connectivity index is 4.72. The maximum atomic E-state index is 11.2. The first-order chi connectivity index (χ1) is 10.3. The summed E-state index contributed by atoms with van der Waals surface area (Å²) in [5.74, 6) is -4.49. The van der Waals surface area contributed by atoms with E-state index in [2.05, 4.69) is 0 Å². The van der Waals surface area contributed by atoms with Crippen molar-refractivity contribution in [1.29, 1.82) is 0 Å². The highest BCUT2D eigenvalue weighted by Crippen LogP contribution is 2.46. The average Bonchev–Trinajstić information content (AvgIpc) is 2.25. The van der Waals surface area contributed by atoms with Crippen molar-refractivity contribution in [2.75, 3.05) is 0 Å². The lowest BCUT2D eigenvalue weighted by molar-refractivity contribution is 0.361. The van der Waals surface area contributed by atoms with Crippen molar-refractivity contribution in [1.82, 2.24) is 0 Å². The normalized spacial score (nSPS) is 13.8. The van der Waals surface area contributed by atoms with Crippen molar-refractivity contribution in [2.24, 2.45) is 0 Å². The van der Waals surface area contributed by atoms with Crippen LogP contribution in [0.5, 0.6) is 11.5 Å². The molecule has 0 aliphatic carbocycles. The van der Waals surface area contributed by atoms with Gasteiger partial charge in [0.2, 0.25) is 0 Å². The Labute approximate surface area is 134 Å². The van der Waals surface area contributed by atoms with E-state index in [1.165, 1.54) is 0 Å². The average molecular weight is 430 g/mol. The van der Waals surface area contributed by atoms with Gasteiger partial charge in [-0.05, 0) is 0 Å². The van der Waals surface area contributed by atoms with Gasteiger partial charge in [0.15, 0.2) is 21.3 Å². The Morgan fingerprint density at radius 1 is 0.417 bits per heavy atom. The number of benzene rings is 1. The van der Waals surface area contributed by atoms with Crippen molar-refractivity contribution >= 4 is 40.5 Å². The molecule has 0 atom stereocenters. The molecule has 6 N–H and O–H groups in total. The molecule has 14 nitrogen and oxygen atoms in total. The van der Waals surface area contributed by atoms with E-state index in [0.717, 1.165) is 0 Å². The van der Waals surface area contributed by atoms with Crippen LogP contribution in [0, 0.1) is 0 Å². The molecule has 0 bridgehead atoms. The van der Waals surface area contributed by atoms with Crippen molar-refractivity contribution in [3.05, 3.63) is 0 Å². The van der Waals surface area contributed by atoms with E-state index in [-0.39, 0.29) is 0 Å². The summed E-state index contributed by atoms with van der Waals surface area (Å²) in [6, 6.07) is 0. The van der Waals surface area contributed by atoms with Crippen LogP contribution < -0.4 is 0 Å². The second kappa shape index (κ2) is 5.49.